The maximum atomic E-state index is 12.6. The zero-order valence-electron chi connectivity index (χ0n) is 23.4. The van der Waals surface area contributed by atoms with Crippen molar-refractivity contribution in [1.29, 1.82) is 0 Å². The van der Waals surface area contributed by atoms with Gasteiger partial charge < -0.3 is 41.9 Å². The third-order valence-corrected chi connectivity index (χ3v) is 7.48. The monoisotopic (exact) mass is 609 g/mol. The van der Waals surface area contributed by atoms with Crippen LogP contribution in [-0.2, 0) is 28.8 Å². The first-order chi connectivity index (χ1) is 18.7. The molecule has 0 heterocycles. The van der Waals surface area contributed by atoms with Crippen LogP contribution in [-0.4, -0.2) is 106 Å². The van der Waals surface area contributed by atoms with Gasteiger partial charge in [-0.2, -0.15) is 0 Å². The molecule has 0 aliphatic carbocycles. The van der Waals surface area contributed by atoms with E-state index < -0.39 is 54.4 Å². The molecular formula is C24H43N5O9S2. The summed E-state index contributed by atoms with van der Waals surface area (Å²) < 4.78 is 0. The third-order valence-electron chi connectivity index (χ3n) is 5.06. The number of carboxylic acids is 2. The average molecular weight is 610 g/mol. The van der Waals surface area contributed by atoms with E-state index in [9.17, 15) is 33.9 Å². The van der Waals surface area contributed by atoms with Gasteiger partial charge in [0.15, 0.2) is 0 Å². The topological polar surface area (TPSA) is 223 Å². The number of hydrogen-bond acceptors (Lipinski definition) is 10. The van der Waals surface area contributed by atoms with Crippen molar-refractivity contribution in [2.75, 3.05) is 24.6 Å². The first kappa shape index (κ1) is 37.4. The van der Waals surface area contributed by atoms with Gasteiger partial charge in [0, 0.05) is 49.4 Å². The lowest BCUT2D eigenvalue weighted by molar-refractivity contribution is -0.138. The van der Waals surface area contributed by atoms with Gasteiger partial charge in [-0.15, -0.1) is 0 Å². The van der Waals surface area contributed by atoms with Crippen molar-refractivity contribution in [3.8, 4) is 0 Å². The molecule has 4 amide bonds. The molecule has 0 rings (SSSR count). The van der Waals surface area contributed by atoms with E-state index in [-0.39, 0.29) is 61.7 Å². The number of rotatable bonds is 22. The fourth-order valence-electron chi connectivity index (χ4n) is 3.19. The minimum atomic E-state index is -1.24. The van der Waals surface area contributed by atoms with Gasteiger partial charge >= 0.3 is 11.9 Å². The van der Waals surface area contributed by atoms with Crippen molar-refractivity contribution >= 4 is 57.2 Å². The fourth-order valence-corrected chi connectivity index (χ4v) is 5.52. The number of nitrogens with one attached hydrogen (secondary N) is 5. The summed E-state index contributed by atoms with van der Waals surface area (Å²) in [5.74, 6) is -4.26. The third kappa shape index (κ3) is 20.4. The van der Waals surface area contributed by atoms with Crippen LogP contribution in [0.5, 0.6) is 0 Å². The van der Waals surface area contributed by atoms with Gasteiger partial charge in [0.05, 0.1) is 6.10 Å². The summed E-state index contributed by atoms with van der Waals surface area (Å²) in [6, 6.07) is -1.72. The first-order valence-corrected chi connectivity index (χ1v) is 15.5. The molecule has 0 saturated carbocycles. The summed E-state index contributed by atoms with van der Waals surface area (Å²) in [6.45, 7) is 6.75. The number of aliphatic hydroxyl groups is 1. The van der Waals surface area contributed by atoms with Crippen LogP contribution in [0.15, 0.2) is 0 Å². The predicted octanol–water partition coefficient (Wildman–Crippen LogP) is -0.543. The quantitative estimate of drug-likeness (QED) is 0.0572. The highest BCUT2D eigenvalue weighted by atomic mass is 33.1. The Morgan fingerprint density at radius 2 is 1.25 bits per heavy atom. The van der Waals surface area contributed by atoms with Crippen molar-refractivity contribution in [3.63, 3.8) is 0 Å². The van der Waals surface area contributed by atoms with Crippen molar-refractivity contribution in [2.24, 2.45) is 0 Å². The first-order valence-electron chi connectivity index (χ1n) is 13.0. The van der Waals surface area contributed by atoms with E-state index in [1.54, 1.807) is 0 Å². The second kappa shape index (κ2) is 21.2. The van der Waals surface area contributed by atoms with Crippen LogP contribution < -0.4 is 26.6 Å². The van der Waals surface area contributed by atoms with E-state index in [0.29, 0.717) is 6.42 Å². The van der Waals surface area contributed by atoms with Gasteiger partial charge in [-0.05, 0) is 26.7 Å². The molecule has 40 heavy (non-hydrogen) atoms. The Morgan fingerprint density at radius 1 is 0.725 bits per heavy atom. The summed E-state index contributed by atoms with van der Waals surface area (Å²) in [7, 11) is 2.28. The zero-order valence-corrected chi connectivity index (χ0v) is 25.0. The number of aliphatic carboxylic acids is 2. The molecule has 16 heteroatoms. The van der Waals surface area contributed by atoms with E-state index >= 15 is 0 Å². The number of carbonyl (C=O) groups is 6. The van der Waals surface area contributed by atoms with Crippen LogP contribution in [0.2, 0.25) is 0 Å². The molecule has 4 atom stereocenters. The minimum Gasteiger partial charge on any atom is -0.481 e. The molecule has 4 unspecified atom stereocenters. The molecule has 0 fully saturated rings. The smallest absolute Gasteiger partial charge is 0.322 e. The molecule has 0 aromatic heterocycles. The van der Waals surface area contributed by atoms with E-state index in [2.05, 4.69) is 26.6 Å². The molecule has 0 spiro atoms. The SMILES string of the molecule is CC(O)CNC(=O)C(CSSCC(NC(=O)CCC(C)NC(C)C)C(=O)NCC(=O)O)NC(=O)CCCC(=O)O. The van der Waals surface area contributed by atoms with Crippen LogP contribution in [0.4, 0.5) is 0 Å². The Labute approximate surface area is 242 Å². The molecule has 0 aromatic carbocycles. The average Bonchev–Trinajstić information content (AvgIpc) is 2.84. The maximum Gasteiger partial charge on any atom is 0.322 e. The molecule has 14 nitrogen and oxygen atoms in total. The molecule has 0 aromatic rings. The standard InChI is InChI=1S/C24H43N5O9S2/c1-14(2)27-15(3)8-9-20(32)29-18(24(38)26-11-22(35)36)13-40-39-12-17(23(37)25-10-16(4)30)28-19(31)6-5-7-21(33)34/h14-18,27,30H,5-13H2,1-4H3,(H,25,37)(H,26,38)(H,28,31)(H,29,32)(H,33,34)(H,35,36). The van der Waals surface area contributed by atoms with Crippen LogP contribution in [0.25, 0.3) is 0 Å². The van der Waals surface area contributed by atoms with E-state index in [0.717, 1.165) is 21.6 Å². The summed E-state index contributed by atoms with van der Waals surface area (Å²) in [5, 5.41) is 40.3. The van der Waals surface area contributed by atoms with Crippen molar-refractivity contribution in [3.05, 3.63) is 0 Å². The van der Waals surface area contributed by atoms with Gasteiger partial charge in [0.1, 0.15) is 18.6 Å². The van der Waals surface area contributed by atoms with Gasteiger partial charge in [-0.1, -0.05) is 35.4 Å². The molecule has 0 aliphatic heterocycles. The van der Waals surface area contributed by atoms with E-state index in [4.69, 9.17) is 10.2 Å². The maximum absolute atomic E-state index is 12.6. The van der Waals surface area contributed by atoms with E-state index in [1.165, 1.54) is 6.92 Å². The highest BCUT2D eigenvalue weighted by Crippen LogP contribution is 2.23. The Bertz CT molecular complexity index is 846. The highest BCUT2D eigenvalue weighted by Gasteiger charge is 2.24. The van der Waals surface area contributed by atoms with Crippen LogP contribution in [0, 0.1) is 0 Å². The Morgan fingerprint density at radius 3 is 1.73 bits per heavy atom. The summed E-state index contributed by atoms with van der Waals surface area (Å²) in [4.78, 5) is 71.3. The normalized spacial score (nSPS) is 13.9. The van der Waals surface area contributed by atoms with Crippen LogP contribution >= 0.6 is 21.6 Å². The highest BCUT2D eigenvalue weighted by molar-refractivity contribution is 8.76. The molecule has 0 radical (unpaired) electrons. The summed E-state index contributed by atoms with van der Waals surface area (Å²) >= 11 is 0. The zero-order chi connectivity index (χ0) is 30.7. The largest absolute Gasteiger partial charge is 0.481 e. The lowest BCUT2D eigenvalue weighted by Crippen LogP contribution is -2.50. The molecule has 230 valence electrons. The molecule has 0 bridgehead atoms. The van der Waals surface area contributed by atoms with E-state index in [1.807, 2.05) is 20.8 Å². The number of amides is 4. The fraction of sp³-hybridized carbons (Fsp3) is 0.750. The number of hydrogen-bond donors (Lipinski definition) is 8. The van der Waals surface area contributed by atoms with Crippen LogP contribution in [0.1, 0.15) is 59.8 Å². The molecule has 8 N–H and O–H groups in total. The lowest BCUT2D eigenvalue weighted by atomic mass is 10.1. The molecule has 0 aliphatic rings. The summed E-state index contributed by atoms with van der Waals surface area (Å²) in [6.07, 6.45) is -0.305. The second-order valence-corrected chi connectivity index (χ2v) is 12.1. The lowest BCUT2D eigenvalue weighted by Gasteiger charge is -2.21. The Balaban J connectivity index is 5.09. The van der Waals surface area contributed by atoms with Gasteiger partial charge in [0.25, 0.3) is 0 Å². The Kier molecular flexibility index (Phi) is 19.9. The second-order valence-electron chi connectivity index (χ2n) is 9.52. The molecule has 0 saturated heterocycles. The minimum absolute atomic E-state index is 0.0365. The molecular weight excluding hydrogens is 566 g/mol. The number of carboxylic acid groups (broad SMARTS) is 2. The number of carbonyl (C=O) groups excluding carboxylic acids is 4. The van der Waals surface area contributed by atoms with Gasteiger partial charge in [-0.25, -0.2) is 0 Å². The van der Waals surface area contributed by atoms with Gasteiger partial charge in [0.2, 0.25) is 23.6 Å². The summed E-state index contributed by atoms with van der Waals surface area (Å²) in [5.41, 5.74) is 0. The van der Waals surface area contributed by atoms with Crippen molar-refractivity contribution in [1.82, 2.24) is 26.6 Å². The van der Waals surface area contributed by atoms with Crippen molar-refractivity contribution in [2.45, 2.75) is 90.1 Å². The predicted molar refractivity (Wildman–Crippen MR) is 153 cm³/mol. The van der Waals surface area contributed by atoms with Gasteiger partial charge in [-0.3, -0.25) is 28.8 Å². The Hall–Kier alpha value is -2.56. The van der Waals surface area contributed by atoms with Crippen LogP contribution in [0.3, 0.4) is 0 Å². The number of aliphatic hydroxyl groups excluding tert-OH is 1. The van der Waals surface area contributed by atoms with Crippen molar-refractivity contribution < 1.29 is 44.1 Å².